The maximum absolute atomic E-state index is 12.0. The molecule has 1 aliphatic rings. The number of rotatable bonds is 5. The summed E-state index contributed by atoms with van der Waals surface area (Å²) in [5.41, 5.74) is 14.8. The summed E-state index contributed by atoms with van der Waals surface area (Å²) in [5.74, 6) is -4.82. The fourth-order valence-corrected chi connectivity index (χ4v) is 4.15. The van der Waals surface area contributed by atoms with E-state index in [1.54, 1.807) is 0 Å². The van der Waals surface area contributed by atoms with E-state index >= 15 is 0 Å². The number of fused-ring (bicyclic) bond motifs is 1. The smallest absolute Gasteiger partial charge is 0.295 e. The summed E-state index contributed by atoms with van der Waals surface area (Å²) in [6.45, 7) is 0. The van der Waals surface area contributed by atoms with Gasteiger partial charge < -0.3 is 20.4 Å². The normalized spacial score (nSPS) is 12.3. The van der Waals surface area contributed by atoms with Crippen LogP contribution in [0.5, 0.6) is 23.0 Å². The molecule has 1 aliphatic carbocycles. The lowest BCUT2D eigenvalue weighted by Gasteiger charge is -2.18. The average molecular weight is 566 g/mol. The van der Waals surface area contributed by atoms with Crippen LogP contribution in [0.4, 0.5) is 0 Å². The molecule has 0 saturated carbocycles. The number of hydrogen-bond donors (Lipinski definition) is 5. The predicted octanol–water partition coefficient (Wildman–Crippen LogP) is 3.73. The molecule has 0 amide bonds. The van der Waals surface area contributed by atoms with Crippen LogP contribution in [0.1, 0.15) is 31.8 Å². The zero-order valence-corrected chi connectivity index (χ0v) is 20.4. The molecular weight excluding hydrogens is 552 g/mol. The Balaban J connectivity index is 0.000000225. The summed E-state index contributed by atoms with van der Waals surface area (Å²) in [6.07, 6.45) is 0. The zero-order valence-electron chi connectivity index (χ0n) is 19.6. The number of aromatic hydroxyl groups is 4. The van der Waals surface area contributed by atoms with Crippen LogP contribution in [0.15, 0.2) is 75.4 Å². The second kappa shape index (κ2) is 11.3. The molecule has 17 heteroatoms. The Bertz CT molecular complexity index is 1820. The van der Waals surface area contributed by atoms with Crippen molar-refractivity contribution in [2.24, 2.45) is 10.2 Å². The molecule has 0 spiro atoms. The molecule has 4 rings (SSSR count). The number of ketones is 3. The molecule has 0 atom stereocenters. The number of benzene rings is 3. The average Bonchev–Trinajstić information content (AvgIpc) is 2.92. The second-order valence-corrected chi connectivity index (χ2v) is 8.98. The van der Waals surface area contributed by atoms with E-state index in [4.69, 9.17) is 21.3 Å². The van der Waals surface area contributed by atoms with Gasteiger partial charge in [-0.25, -0.2) is 0 Å². The van der Waals surface area contributed by atoms with Gasteiger partial charge in [0.25, 0.3) is 10.1 Å². The zero-order chi connectivity index (χ0) is 29.8. The van der Waals surface area contributed by atoms with Gasteiger partial charge in [-0.1, -0.05) is 22.4 Å². The van der Waals surface area contributed by atoms with Gasteiger partial charge in [0.15, 0.2) is 17.3 Å². The first-order valence-corrected chi connectivity index (χ1v) is 11.9. The van der Waals surface area contributed by atoms with Crippen molar-refractivity contribution >= 4 is 33.2 Å². The molecule has 3 aromatic carbocycles. The lowest BCUT2D eigenvalue weighted by Crippen LogP contribution is -2.24. The van der Waals surface area contributed by atoms with E-state index in [1.165, 1.54) is 30.3 Å². The van der Waals surface area contributed by atoms with Crippen LogP contribution in [-0.4, -0.2) is 50.7 Å². The number of Topliss-reactive ketones (excluding diaryl/α,β-unsaturated/α-hetero) is 2. The third-order valence-electron chi connectivity index (χ3n) is 5.22. The first-order chi connectivity index (χ1) is 18.8. The third-order valence-corrected chi connectivity index (χ3v) is 6.12. The summed E-state index contributed by atoms with van der Waals surface area (Å²) in [7, 11) is -4.79. The molecule has 16 nitrogen and oxygen atoms in total. The first-order valence-electron chi connectivity index (χ1n) is 10.5. The van der Waals surface area contributed by atoms with Crippen molar-refractivity contribution in [1.82, 2.24) is 0 Å². The van der Waals surface area contributed by atoms with Gasteiger partial charge >= 0.3 is 0 Å². The minimum absolute atomic E-state index is 0.0179. The highest BCUT2D eigenvalue weighted by molar-refractivity contribution is 7.86. The van der Waals surface area contributed by atoms with E-state index in [0.29, 0.717) is 0 Å². The van der Waals surface area contributed by atoms with E-state index in [2.05, 4.69) is 20.1 Å². The topological polar surface area (TPSA) is 284 Å². The summed E-state index contributed by atoms with van der Waals surface area (Å²) >= 11 is 0. The Labute approximate surface area is 222 Å². The highest BCUT2D eigenvalue weighted by Crippen LogP contribution is 2.38. The van der Waals surface area contributed by atoms with Crippen molar-refractivity contribution in [3.63, 3.8) is 0 Å². The van der Waals surface area contributed by atoms with Crippen molar-refractivity contribution in [2.45, 2.75) is 4.90 Å². The number of carbonyl (C=O) groups excluding carboxylic acids is 3. The Morgan fingerprint density at radius 2 is 1.38 bits per heavy atom. The Morgan fingerprint density at radius 1 is 0.775 bits per heavy atom. The van der Waals surface area contributed by atoms with Crippen LogP contribution in [0, 0.1) is 0 Å². The first kappa shape index (κ1) is 28.7. The molecule has 0 unspecified atom stereocenters. The van der Waals surface area contributed by atoms with E-state index in [-0.39, 0.29) is 22.4 Å². The summed E-state index contributed by atoms with van der Waals surface area (Å²) in [5, 5.41) is 43.3. The summed E-state index contributed by atoms with van der Waals surface area (Å²) in [4.78, 5) is 39.8. The Morgan fingerprint density at radius 3 is 1.95 bits per heavy atom. The van der Waals surface area contributed by atoms with E-state index in [0.717, 1.165) is 24.3 Å². The Hall–Kier alpha value is -5.86. The molecule has 0 bridgehead atoms. The van der Waals surface area contributed by atoms with Crippen molar-refractivity contribution in [3.8, 4) is 23.0 Å². The van der Waals surface area contributed by atoms with Crippen LogP contribution < -0.4 is 0 Å². The molecule has 40 heavy (non-hydrogen) atoms. The van der Waals surface area contributed by atoms with Gasteiger partial charge in [0.1, 0.15) is 10.6 Å². The third kappa shape index (κ3) is 5.52. The lowest BCUT2D eigenvalue weighted by molar-refractivity contribution is -0.111. The van der Waals surface area contributed by atoms with Gasteiger partial charge in [0.05, 0.1) is 17.0 Å². The standard InChI is InChI=1S/C13H10O5.C10H4N6O5S/c14-8-3-1-7(2-4-8)11(16)9-5-6-10(15)13(18)12(9)17;11-15-13-7-6-4(2-1-3-5(6)22(19,20)21)9(17)10(18)8(7)14-16-12/h1-6,14-15,17-18H;1-3H,(H,19,20,21). The monoisotopic (exact) mass is 566 g/mol. The van der Waals surface area contributed by atoms with Crippen LogP contribution in [0.25, 0.3) is 26.6 Å². The number of hydrogen-bond acceptors (Lipinski definition) is 11. The van der Waals surface area contributed by atoms with Crippen molar-refractivity contribution in [2.75, 3.05) is 0 Å². The highest BCUT2D eigenvalue weighted by atomic mass is 32.2. The fourth-order valence-electron chi connectivity index (χ4n) is 3.44. The highest BCUT2D eigenvalue weighted by Gasteiger charge is 2.35. The van der Waals surface area contributed by atoms with Gasteiger partial charge in [-0.15, -0.1) is 0 Å². The SMILES string of the molecule is O=C(c1ccc(O)cc1)c1ccc(O)c(O)c1O.[N-]=[N+]=NC1=C(N=[N+]=[N-])c2c(cccc2S(=O)(=O)O)C(=O)C1=O. The Kier molecular flexibility index (Phi) is 8.08. The number of allylic oxidation sites excluding steroid dienone is 1. The quantitative estimate of drug-likeness (QED) is 0.0567. The van der Waals surface area contributed by atoms with Gasteiger partial charge in [0, 0.05) is 26.5 Å². The number of azide groups is 2. The molecule has 0 aromatic heterocycles. The van der Waals surface area contributed by atoms with Crippen molar-refractivity contribution < 1.29 is 47.8 Å². The fraction of sp³-hybridized carbons (Fsp3) is 0. The molecule has 3 aromatic rings. The molecular formula is C23H14N6O10S. The van der Waals surface area contributed by atoms with E-state index < -0.39 is 66.6 Å². The maximum Gasteiger partial charge on any atom is 0.295 e. The summed E-state index contributed by atoms with van der Waals surface area (Å²) in [6, 6.07) is 11.0. The number of carbonyl (C=O) groups is 3. The van der Waals surface area contributed by atoms with Crippen LogP contribution >= 0.6 is 0 Å². The molecule has 0 fully saturated rings. The molecule has 0 heterocycles. The minimum atomic E-state index is -4.79. The predicted molar refractivity (Wildman–Crippen MR) is 134 cm³/mol. The minimum Gasteiger partial charge on any atom is -0.508 e. The van der Waals surface area contributed by atoms with Gasteiger partial charge in [-0.3, -0.25) is 18.9 Å². The number of phenols is 4. The van der Waals surface area contributed by atoms with Crippen LogP contribution in [-0.2, 0) is 14.9 Å². The van der Waals surface area contributed by atoms with Crippen LogP contribution in [0.2, 0.25) is 0 Å². The molecule has 202 valence electrons. The van der Waals surface area contributed by atoms with E-state index in [1.807, 2.05) is 0 Å². The molecule has 0 saturated heterocycles. The molecule has 0 radical (unpaired) electrons. The van der Waals surface area contributed by atoms with Crippen molar-refractivity contribution in [1.29, 1.82) is 0 Å². The summed E-state index contributed by atoms with van der Waals surface area (Å²) < 4.78 is 32.0. The maximum atomic E-state index is 12.0. The van der Waals surface area contributed by atoms with Gasteiger partial charge in [-0.2, -0.15) is 8.42 Å². The van der Waals surface area contributed by atoms with Crippen molar-refractivity contribution in [3.05, 3.63) is 103 Å². The second-order valence-electron chi connectivity index (χ2n) is 7.59. The number of nitrogens with zero attached hydrogens (tertiary/aromatic N) is 6. The van der Waals surface area contributed by atoms with Gasteiger partial charge in [-0.05, 0) is 53.5 Å². The van der Waals surface area contributed by atoms with Crippen LogP contribution in [0.3, 0.4) is 0 Å². The molecule has 0 aliphatic heterocycles. The number of phenolic OH excluding ortho intramolecular Hbond substituents is 4. The lowest BCUT2D eigenvalue weighted by atomic mass is 9.91. The van der Waals surface area contributed by atoms with E-state index in [9.17, 15) is 37.6 Å². The molecule has 5 N–H and O–H groups in total. The largest absolute Gasteiger partial charge is 0.508 e. The van der Waals surface area contributed by atoms with Gasteiger partial charge in [0.2, 0.25) is 17.3 Å².